The number of aryl methyl sites for hydroxylation is 1. The standard InChI is InChI=1S/C25H25F3N4O2S/c1-4-34-21(33)14-31-23(22(30-24(31)35)20-10-5-6-11-29-20)19-12-15(2)32(16(19)3)18-9-7-8-17(13-18)25(26,27)28/h5-13,22-23H,4,14H2,1-3H3,(H,30,35)/t22-,23+/m0/s1. The van der Waals surface area contributed by atoms with Crippen LogP contribution in [0.3, 0.4) is 0 Å². The Morgan fingerprint density at radius 2 is 1.94 bits per heavy atom. The molecule has 0 saturated carbocycles. The fourth-order valence-corrected chi connectivity index (χ4v) is 4.87. The number of carbonyl (C=O) groups is 1. The van der Waals surface area contributed by atoms with Crippen LogP contribution in [0.1, 0.15) is 47.2 Å². The van der Waals surface area contributed by atoms with E-state index in [1.807, 2.05) is 38.1 Å². The molecule has 1 aliphatic rings. The Balaban J connectivity index is 1.82. The molecule has 1 aliphatic heterocycles. The Bertz CT molecular complexity index is 1240. The van der Waals surface area contributed by atoms with Crippen molar-refractivity contribution in [1.82, 2.24) is 19.8 Å². The average molecular weight is 503 g/mol. The number of ether oxygens (including phenoxy) is 1. The van der Waals surface area contributed by atoms with Gasteiger partial charge in [0.15, 0.2) is 5.11 Å². The molecule has 1 N–H and O–H groups in total. The van der Waals surface area contributed by atoms with Crippen molar-refractivity contribution in [2.45, 2.75) is 39.0 Å². The molecule has 2 aromatic heterocycles. The second-order valence-corrected chi connectivity index (χ2v) is 8.66. The van der Waals surface area contributed by atoms with Gasteiger partial charge in [0.1, 0.15) is 6.54 Å². The predicted molar refractivity (Wildman–Crippen MR) is 129 cm³/mol. The van der Waals surface area contributed by atoms with Crippen LogP contribution >= 0.6 is 12.2 Å². The number of alkyl halides is 3. The van der Waals surface area contributed by atoms with Crippen LogP contribution in [0.5, 0.6) is 0 Å². The number of aromatic nitrogens is 2. The van der Waals surface area contributed by atoms with Crippen molar-refractivity contribution in [3.63, 3.8) is 0 Å². The van der Waals surface area contributed by atoms with Crippen LogP contribution in [0.2, 0.25) is 0 Å². The maximum Gasteiger partial charge on any atom is 0.416 e. The third-order valence-electron chi connectivity index (χ3n) is 6.02. The van der Waals surface area contributed by atoms with E-state index in [0.29, 0.717) is 10.8 Å². The number of benzene rings is 1. The first-order valence-electron chi connectivity index (χ1n) is 11.1. The van der Waals surface area contributed by atoms with Gasteiger partial charge in [0, 0.05) is 23.3 Å². The number of nitrogens with one attached hydrogen (secondary N) is 1. The Hall–Kier alpha value is -3.40. The first-order valence-corrected chi connectivity index (χ1v) is 11.5. The van der Waals surface area contributed by atoms with Crippen molar-refractivity contribution >= 4 is 23.3 Å². The maximum absolute atomic E-state index is 13.4. The van der Waals surface area contributed by atoms with Gasteiger partial charge >= 0.3 is 12.1 Å². The molecule has 1 fully saturated rings. The Morgan fingerprint density at radius 1 is 1.17 bits per heavy atom. The number of carbonyl (C=O) groups excluding carboxylic acids is 1. The molecule has 1 saturated heterocycles. The van der Waals surface area contributed by atoms with Crippen LogP contribution in [-0.2, 0) is 15.7 Å². The summed E-state index contributed by atoms with van der Waals surface area (Å²) in [5.41, 5.74) is 2.74. The van der Waals surface area contributed by atoms with Gasteiger partial charge < -0.3 is 19.5 Å². The summed E-state index contributed by atoms with van der Waals surface area (Å²) >= 11 is 5.58. The minimum absolute atomic E-state index is 0.0686. The fourth-order valence-electron chi connectivity index (χ4n) is 4.57. The van der Waals surface area contributed by atoms with E-state index in [9.17, 15) is 18.0 Å². The molecular formula is C25H25F3N4O2S. The van der Waals surface area contributed by atoms with Crippen LogP contribution < -0.4 is 5.32 Å². The molecule has 0 unspecified atom stereocenters. The molecule has 0 spiro atoms. The van der Waals surface area contributed by atoms with E-state index in [1.165, 1.54) is 6.07 Å². The zero-order chi connectivity index (χ0) is 25.3. The van der Waals surface area contributed by atoms with Gasteiger partial charge in [0.05, 0.1) is 29.9 Å². The summed E-state index contributed by atoms with van der Waals surface area (Å²) in [7, 11) is 0. The lowest BCUT2D eigenvalue weighted by atomic mass is 9.97. The SMILES string of the molecule is CCOC(=O)CN1C(=S)N[C@@H](c2ccccn2)[C@H]1c1cc(C)n(-c2cccc(C(F)(F)F)c2)c1C. The molecule has 3 heterocycles. The van der Waals surface area contributed by atoms with Gasteiger partial charge in [0.2, 0.25) is 0 Å². The highest BCUT2D eigenvalue weighted by Gasteiger charge is 2.42. The molecule has 1 aromatic carbocycles. The van der Waals surface area contributed by atoms with Gasteiger partial charge in [-0.3, -0.25) is 9.78 Å². The smallest absolute Gasteiger partial charge is 0.416 e. The summed E-state index contributed by atoms with van der Waals surface area (Å²) in [5, 5.41) is 3.65. The number of esters is 1. The van der Waals surface area contributed by atoms with Crippen molar-refractivity contribution in [3.05, 3.63) is 82.9 Å². The van der Waals surface area contributed by atoms with Crippen molar-refractivity contribution in [3.8, 4) is 5.69 Å². The molecule has 10 heteroatoms. The third kappa shape index (κ3) is 4.88. The van der Waals surface area contributed by atoms with Gasteiger partial charge in [0.25, 0.3) is 0 Å². The predicted octanol–water partition coefficient (Wildman–Crippen LogP) is 5.04. The molecule has 3 aromatic rings. The Morgan fingerprint density at radius 3 is 2.60 bits per heavy atom. The summed E-state index contributed by atoms with van der Waals surface area (Å²) in [6, 6.07) is 11.9. The molecule has 2 atom stereocenters. The van der Waals surface area contributed by atoms with Gasteiger partial charge in [-0.2, -0.15) is 13.2 Å². The first-order chi connectivity index (χ1) is 16.6. The minimum atomic E-state index is -4.45. The van der Waals surface area contributed by atoms with Crippen molar-refractivity contribution in [1.29, 1.82) is 0 Å². The van der Waals surface area contributed by atoms with Gasteiger partial charge in [-0.05, 0) is 75.0 Å². The Kier molecular flexibility index (Phi) is 6.84. The maximum atomic E-state index is 13.4. The van der Waals surface area contributed by atoms with Crippen molar-refractivity contribution < 1.29 is 22.7 Å². The number of halogens is 3. The number of hydrogen-bond donors (Lipinski definition) is 1. The van der Waals surface area contributed by atoms with Crippen molar-refractivity contribution in [2.24, 2.45) is 0 Å². The molecule has 0 bridgehead atoms. The van der Waals surface area contributed by atoms with Gasteiger partial charge in [-0.15, -0.1) is 0 Å². The topological polar surface area (TPSA) is 59.4 Å². The number of hydrogen-bond acceptors (Lipinski definition) is 4. The lowest BCUT2D eigenvalue weighted by Crippen LogP contribution is -2.35. The second-order valence-electron chi connectivity index (χ2n) is 8.27. The summed E-state index contributed by atoms with van der Waals surface area (Å²) in [6.45, 7) is 5.59. The van der Waals surface area contributed by atoms with Gasteiger partial charge in [-0.25, -0.2) is 0 Å². The van der Waals surface area contributed by atoms with Crippen molar-refractivity contribution in [2.75, 3.05) is 13.2 Å². The molecule has 0 amide bonds. The fraction of sp³-hybridized carbons (Fsp3) is 0.320. The monoisotopic (exact) mass is 502 g/mol. The summed E-state index contributed by atoms with van der Waals surface area (Å²) < 4.78 is 47.0. The number of rotatable bonds is 6. The molecule has 35 heavy (non-hydrogen) atoms. The summed E-state index contributed by atoms with van der Waals surface area (Å²) in [4.78, 5) is 18.6. The van der Waals surface area contributed by atoms with E-state index in [4.69, 9.17) is 17.0 Å². The molecule has 6 nitrogen and oxygen atoms in total. The highest BCUT2D eigenvalue weighted by molar-refractivity contribution is 7.80. The number of nitrogens with zero attached hydrogens (tertiary/aromatic N) is 3. The summed E-state index contributed by atoms with van der Waals surface area (Å²) in [6.07, 6.45) is -2.77. The largest absolute Gasteiger partial charge is 0.465 e. The molecule has 184 valence electrons. The molecule has 0 aliphatic carbocycles. The zero-order valence-corrected chi connectivity index (χ0v) is 20.3. The number of thiocarbonyl (C=S) groups is 1. The molecular weight excluding hydrogens is 477 g/mol. The summed E-state index contributed by atoms with van der Waals surface area (Å²) in [5.74, 6) is -0.421. The van der Waals surface area contributed by atoms with E-state index >= 15 is 0 Å². The van der Waals surface area contributed by atoms with E-state index in [1.54, 1.807) is 28.7 Å². The molecule has 4 rings (SSSR count). The van der Waals surface area contributed by atoms with Crippen LogP contribution in [0.4, 0.5) is 13.2 Å². The first kappa shape index (κ1) is 24.7. The Labute approximate surface area is 206 Å². The minimum Gasteiger partial charge on any atom is -0.465 e. The van der Waals surface area contributed by atoms with Crippen LogP contribution in [0, 0.1) is 13.8 Å². The average Bonchev–Trinajstić information content (AvgIpc) is 3.29. The van der Waals surface area contributed by atoms with Crippen LogP contribution in [0.25, 0.3) is 5.69 Å². The highest BCUT2D eigenvalue weighted by atomic mass is 32.1. The van der Waals surface area contributed by atoms with E-state index in [2.05, 4.69) is 10.3 Å². The lowest BCUT2D eigenvalue weighted by molar-refractivity contribution is -0.143. The second kappa shape index (κ2) is 9.69. The van der Waals surface area contributed by atoms with E-state index in [-0.39, 0.29) is 19.2 Å². The van der Waals surface area contributed by atoms with Crippen LogP contribution in [-0.4, -0.2) is 38.7 Å². The zero-order valence-electron chi connectivity index (χ0n) is 19.5. The molecule has 0 radical (unpaired) electrons. The van der Waals surface area contributed by atoms with Crippen LogP contribution in [0.15, 0.2) is 54.7 Å². The highest BCUT2D eigenvalue weighted by Crippen LogP contribution is 2.41. The van der Waals surface area contributed by atoms with E-state index in [0.717, 1.165) is 34.8 Å². The number of pyridine rings is 1. The quantitative estimate of drug-likeness (QED) is 0.376. The lowest BCUT2D eigenvalue weighted by Gasteiger charge is -2.27. The van der Waals surface area contributed by atoms with E-state index < -0.39 is 23.8 Å². The third-order valence-corrected chi connectivity index (χ3v) is 6.38. The normalized spacial score (nSPS) is 18.0. The van der Waals surface area contributed by atoms with Gasteiger partial charge in [-0.1, -0.05) is 12.1 Å².